The van der Waals surface area contributed by atoms with Gasteiger partial charge in [-0.05, 0) is 30.9 Å². The Morgan fingerprint density at radius 2 is 2.25 bits per heavy atom. The molecule has 0 N–H and O–H groups in total. The summed E-state index contributed by atoms with van der Waals surface area (Å²) >= 11 is 3.42. The van der Waals surface area contributed by atoms with E-state index in [-0.39, 0.29) is 10.7 Å². The number of alkyl halides is 1. The molecule has 16 heavy (non-hydrogen) atoms. The fraction of sp³-hybridized carbons (Fsp3) is 0.462. The van der Waals surface area contributed by atoms with E-state index in [9.17, 15) is 4.79 Å². The second-order valence-electron chi connectivity index (χ2n) is 4.18. The summed E-state index contributed by atoms with van der Waals surface area (Å²) in [5, 5.41) is 0. The second-order valence-corrected chi connectivity index (χ2v) is 5.29. The Morgan fingerprint density at radius 1 is 1.50 bits per heavy atom. The maximum Gasteiger partial charge on any atom is 0.240 e. The molecule has 1 aromatic rings. The largest absolute Gasteiger partial charge is 0.311 e. The zero-order valence-electron chi connectivity index (χ0n) is 9.66. The molecule has 86 valence electrons. The predicted octanol–water partition coefficient (Wildman–Crippen LogP) is 3.06. The summed E-state index contributed by atoms with van der Waals surface area (Å²) in [6, 6.07) is 6.24. The van der Waals surface area contributed by atoms with Gasteiger partial charge in [0.1, 0.15) is 0 Å². The minimum absolute atomic E-state index is 0.00295. The summed E-state index contributed by atoms with van der Waals surface area (Å²) in [4.78, 5) is 13.9. The van der Waals surface area contributed by atoms with Crippen molar-refractivity contribution >= 4 is 27.5 Å². The number of carbonyl (C=O) groups excluding carboxylic acids is 1. The Morgan fingerprint density at radius 3 is 2.81 bits per heavy atom. The van der Waals surface area contributed by atoms with Gasteiger partial charge in [0.15, 0.2) is 0 Å². The van der Waals surface area contributed by atoms with Gasteiger partial charge in [0.25, 0.3) is 0 Å². The van der Waals surface area contributed by atoms with Gasteiger partial charge in [0, 0.05) is 12.2 Å². The number of hydrogen-bond donors (Lipinski definition) is 0. The summed E-state index contributed by atoms with van der Waals surface area (Å²) in [5.74, 6) is 0.198. The first-order chi connectivity index (χ1) is 7.65. The smallest absolute Gasteiger partial charge is 0.240 e. The lowest BCUT2D eigenvalue weighted by Gasteiger charge is -2.21. The number of para-hydroxylation sites is 1. The molecule has 1 aliphatic rings. The lowest BCUT2D eigenvalue weighted by molar-refractivity contribution is -0.116. The fourth-order valence-corrected chi connectivity index (χ4v) is 2.71. The maximum absolute atomic E-state index is 12.0. The van der Waals surface area contributed by atoms with Gasteiger partial charge in [-0.3, -0.25) is 4.79 Å². The van der Waals surface area contributed by atoms with E-state index in [1.807, 2.05) is 4.90 Å². The third-order valence-electron chi connectivity index (χ3n) is 3.11. The fourth-order valence-electron chi connectivity index (χ4n) is 2.26. The number of carbonyl (C=O) groups is 1. The number of anilines is 1. The lowest BCUT2D eigenvalue weighted by atomic mass is 10.0. The molecule has 0 aromatic heterocycles. The van der Waals surface area contributed by atoms with Gasteiger partial charge in [0.05, 0.1) is 4.83 Å². The summed E-state index contributed by atoms with van der Waals surface area (Å²) in [7, 11) is 0. The molecule has 0 bridgehead atoms. The van der Waals surface area contributed by atoms with Crippen molar-refractivity contribution in [3.63, 3.8) is 0 Å². The number of benzene rings is 1. The van der Waals surface area contributed by atoms with E-state index in [0.29, 0.717) is 0 Å². The zero-order valence-corrected chi connectivity index (χ0v) is 11.3. The normalized spacial score (nSPS) is 20.6. The van der Waals surface area contributed by atoms with Gasteiger partial charge in [-0.1, -0.05) is 41.1 Å². The van der Waals surface area contributed by atoms with Crippen LogP contribution in [-0.2, 0) is 11.2 Å². The monoisotopic (exact) mass is 281 g/mol. The van der Waals surface area contributed by atoms with Crippen LogP contribution in [0.5, 0.6) is 0 Å². The van der Waals surface area contributed by atoms with Crippen LogP contribution in [0.2, 0.25) is 0 Å². The highest BCUT2D eigenvalue weighted by atomic mass is 79.9. The first-order valence-corrected chi connectivity index (χ1v) is 6.60. The van der Waals surface area contributed by atoms with Gasteiger partial charge in [0.2, 0.25) is 5.91 Å². The van der Waals surface area contributed by atoms with E-state index in [0.717, 1.165) is 25.1 Å². The van der Waals surface area contributed by atoms with Gasteiger partial charge < -0.3 is 4.90 Å². The predicted molar refractivity (Wildman–Crippen MR) is 70.2 cm³/mol. The summed E-state index contributed by atoms with van der Waals surface area (Å²) in [6.45, 7) is 5.03. The van der Waals surface area contributed by atoms with Crippen molar-refractivity contribution in [1.82, 2.24) is 0 Å². The van der Waals surface area contributed by atoms with Crippen molar-refractivity contribution in [2.24, 2.45) is 0 Å². The van der Waals surface area contributed by atoms with Crippen molar-refractivity contribution in [2.75, 3.05) is 11.4 Å². The Balaban J connectivity index is 2.43. The van der Waals surface area contributed by atoms with E-state index in [4.69, 9.17) is 0 Å². The minimum atomic E-state index is -0.00295. The lowest BCUT2D eigenvalue weighted by Crippen LogP contribution is -2.28. The molecular weight excluding hydrogens is 266 g/mol. The first kappa shape index (κ1) is 11.6. The van der Waals surface area contributed by atoms with Crippen LogP contribution in [0.4, 0.5) is 5.69 Å². The highest BCUT2D eigenvalue weighted by molar-refractivity contribution is 9.10. The summed E-state index contributed by atoms with van der Waals surface area (Å²) in [6.07, 6.45) is 1.87. The molecule has 0 aliphatic carbocycles. The molecule has 1 aliphatic heterocycles. The number of rotatable bonds is 2. The Hall–Kier alpha value is -0.830. The van der Waals surface area contributed by atoms with Crippen LogP contribution in [0.3, 0.4) is 0 Å². The molecule has 2 nitrogen and oxygen atoms in total. The average molecular weight is 282 g/mol. The molecule has 1 atom stereocenters. The molecule has 1 heterocycles. The topological polar surface area (TPSA) is 20.3 Å². The maximum atomic E-state index is 12.0. The Labute approximate surface area is 105 Å². The SMILES string of the molecule is CCc1cccc(C)c1N1CCC(Br)C1=O. The average Bonchev–Trinajstić information content (AvgIpc) is 2.60. The zero-order chi connectivity index (χ0) is 11.7. The van der Waals surface area contributed by atoms with Crippen LogP contribution in [0.15, 0.2) is 18.2 Å². The standard InChI is InChI=1S/C13H16BrNO/c1-3-10-6-4-5-9(2)12(10)15-8-7-11(14)13(15)16/h4-6,11H,3,7-8H2,1-2H3. The number of hydrogen-bond acceptors (Lipinski definition) is 1. The van der Waals surface area contributed by atoms with E-state index >= 15 is 0 Å². The molecule has 0 saturated carbocycles. The van der Waals surface area contributed by atoms with E-state index < -0.39 is 0 Å². The number of halogens is 1. The molecule has 3 heteroatoms. The van der Waals surface area contributed by atoms with Crippen LogP contribution < -0.4 is 4.90 Å². The number of amides is 1. The van der Waals surface area contributed by atoms with Gasteiger partial charge >= 0.3 is 0 Å². The van der Waals surface area contributed by atoms with Gasteiger partial charge in [-0.25, -0.2) is 0 Å². The highest BCUT2D eigenvalue weighted by Gasteiger charge is 2.31. The number of nitrogens with zero attached hydrogens (tertiary/aromatic N) is 1. The quantitative estimate of drug-likeness (QED) is 0.763. The molecule has 1 amide bonds. The van der Waals surface area contributed by atoms with Crippen LogP contribution in [0.25, 0.3) is 0 Å². The third-order valence-corrected chi connectivity index (χ3v) is 3.96. The van der Waals surface area contributed by atoms with Crippen molar-refractivity contribution < 1.29 is 4.79 Å². The van der Waals surface area contributed by atoms with Gasteiger partial charge in [-0.15, -0.1) is 0 Å². The Bertz CT molecular complexity index is 416. The molecule has 1 unspecified atom stereocenters. The van der Waals surface area contributed by atoms with E-state index in [2.05, 4.69) is 48.0 Å². The van der Waals surface area contributed by atoms with E-state index in [1.165, 1.54) is 11.1 Å². The molecule has 1 saturated heterocycles. The minimum Gasteiger partial charge on any atom is -0.311 e. The third kappa shape index (κ3) is 1.88. The molecule has 2 rings (SSSR count). The van der Waals surface area contributed by atoms with E-state index in [1.54, 1.807) is 0 Å². The van der Waals surface area contributed by atoms with Crippen molar-refractivity contribution in [1.29, 1.82) is 0 Å². The highest BCUT2D eigenvalue weighted by Crippen LogP contribution is 2.31. The molecule has 1 aromatic carbocycles. The second kappa shape index (κ2) is 4.58. The van der Waals surface area contributed by atoms with Crippen LogP contribution in [0, 0.1) is 6.92 Å². The van der Waals surface area contributed by atoms with Crippen molar-refractivity contribution in [3.05, 3.63) is 29.3 Å². The number of aryl methyl sites for hydroxylation is 2. The van der Waals surface area contributed by atoms with Crippen LogP contribution in [0.1, 0.15) is 24.5 Å². The van der Waals surface area contributed by atoms with Gasteiger partial charge in [-0.2, -0.15) is 0 Å². The molecular formula is C13H16BrNO. The molecule has 1 fully saturated rings. The van der Waals surface area contributed by atoms with Crippen LogP contribution in [-0.4, -0.2) is 17.3 Å². The van der Waals surface area contributed by atoms with Crippen molar-refractivity contribution in [3.8, 4) is 0 Å². The Kier molecular flexibility index (Phi) is 3.33. The van der Waals surface area contributed by atoms with Crippen LogP contribution >= 0.6 is 15.9 Å². The summed E-state index contributed by atoms with van der Waals surface area (Å²) in [5.41, 5.74) is 3.57. The molecule has 0 radical (unpaired) electrons. The first-order valence-electron chi connectivity index (χ1n) is 5.69. The summed E-state index contributed by atoms with van der Waals surface area (Å²) < 4.78 is 0. The molecule has 0 spiro atoms. The van der Waals surface area contributed by atoms with Crippen molar-refractivity contribution in [2.45, 2.75) is 31.5 Å².